The highest BCUT2D eigenvalue weighted by molar-refractivity contribution is 6.33. The molecule has 1 aliphatic rings. The number of ether oxygens (including phenoxy) is 3. The first kappa shape index (κ1) is 26.7. The number of aliphatic carboxylic acids is 1. The second-order valence-electron chi connectivity index (χ2n) is 10.3. The van der Waals surface area contributed by atoms with Gasteiger partial charge in [0.15, 0.2) is 11.2 Å². The molecule has 2 aromatic carbocycles. The number of rotatable bonds is 11. The van der Waals surface area contributed by atoms with Crippen LogP contribution in [0.4, 0.5) is 0 Å². The minimum absolute atomic E-state index is 0.236. The molecule has 10 heteroatoms. The van der Waals surface area contributed by atoms with Gasteiger partial charge in [0.2, 0.25) is 5.88 Å². The smallest absolute Gasteiger partial charge is 0.306 e. The van der Waals surface area contributed by atoms with Crippen molar-refractivity contribution in [3.05, 3.63) is 58.9 Å². The monoisotopic (exact) mass is 550 g/mol. The number of imidazole rings is 1. The second kappa shape index (κ2) is 10.7. The molecule has 5 rings (SSSR count). The number of nitrogens with zero attached hydrogens (tertiary/aromatic N) is 4. The zero-order valence-electron chi connectivity index (χ0n) is 22.4. The van der Waals surface area contributed by atoms with Gasteiger partial charge in [-0.2, -0.15) is 4.98 Å². The third-order valence-electron chi connectivity index (χ3n) is 6.98. The van der Waals surface area contributed by atoms with E-state index in [0.29, 0.717) is 52.2 Å². The maximum Gasteiger partial charge on any atom is 0.306 e. The Labute approximate surface area is 231 Å². The molecular formula is C29H31ClN4O5. The van der Waals surface area contributed by atoms with Crippen molar-refractivity contribution >= 4 is 28.7 Å². The Bertz CT molecular complexity index is 1530. The van der Waals surface area contributed by atoms with Crippen LogP contribution >= 0.6 is 11.6 Å². The van der Waals surface area contributed by atoms with Gasteiger partial charge in [-0.3, -0.25) is 4.79 Å². The number of carbonyl (C=O) groups is 1. The number of carboxylic acids is 1. The van der Waals surface area contributed by atoms with Crippen molar-refractivity contribution in [2.45, 2.75) is 52.2 Å². The number of benzene rings is 2. The molecule has 0 aliphatic heterocycles. The lowest BCUT2D eigenvalue weighted by Gasteiger charge is -2.14. The van der Waals surface area contributed by atoms with Crippen LogP contribution in [0.15, 0.2) is 42.7 Å². The molecule has 2 aromatic heterocycles. The fourth-order valence-corrected chi connectivity index (χ4v) is 4.56. The van der Waals surface area contributed by atoms with Crippen molar-refractivity contribution in [3.63, 3.8) is 0 Å². The SMILES string of the molecule is COc1ccc(C)cc1Cn1c(-c2ccc(OCCC(C)C(=O)O)cc2Cl)nc2c(OC3(C)CC3)ncnc21. The van der Waals surface area contributed by atoms with E-state index in [4.69, 9.17) is 35.9 Å². The molecule has 0 spiro atoms. The third-order valence-corrected chi connectivity index (χ3v) is 7.30. The van der Waals surface area contributed by atoms with Gasteiger partial charge in [0.1, 0.15) is 29.3 Å². The van der Waals surface area contributed by atoms with Crippen LogP contribution in [0.25, 0.3) is 22.6 Å². The minimum Gasteiger partial charge on any atom is -0.496 e. The average molecular weight is 551 g/mol. The highest BCUT2D eigenvalue weighted by atomic mass is 35.5. The van der Waals surface area contributed by atoms with E-state index in [0.717, 1.165) is 29.7 Å². The van der Waals surface area contributed by atoms with Crippen molar-refractivity contribution in [2.24, 2.45) is 5.92 Å². The summed E-state index contributed by atoms with van der Waals surface area (Å²) in [7, 11) is 1.65. The molecule has 4 aromatic rings. The first-order valence-corrected chi connectivity index (χ1v) is 13.2. The quantitative estimate of drug-likeness (QED) is 0.245. The van der Waals surface area contributed by atoms with Crippen LogP contribution in [0, 0.1) is 12.8 Å². The van der Waals surface area contributed by atoms with Crippen LogP contribution in [-0.4, -0.2) is 49.9 Å². The fraction of sp³-hybridized carbons (Fsp3) is 0.379. The van der Waals surface area contributed by atoms with E-state index in [9.17, 15) is 4.79 Å². The molecular weight excluding hydrogens is 520 g/mol. The van der Waals surface area contributed by atoms with Crippen molar-refractivity contribution in [3.8, 4) is 28.8 Å². The summed E-state index contributed by atoms with van der Waals surface area (Å²) in [6, 6.07) is 11.4. The molecule has 2 heterocycles. The molecule has 9 nitrogen and oxygen atoms in total. The molecule has 39 heavy (non-hydrogen) atoms. The van der Waals surface area contributed by atoms with Gasteiger partial charge in [0.25, 0.3) is 0 Å². The molecule has 1 atom stereocenters. The molecule has 1 N–H and O–H groups in total. The summed E-state index contributed by atoms with van der Waals surface area (Å²) in [5.41, 5.74) is 3.72. The predicted octanol–water partition coefficient (Wildman–Crippen LogP) is 5.93. The molecule has 0 radical (unpaired) electrons. The molecule has 1 saturated carbocycles. The van der Waals surface area contributed by atoms with Gasteiger partial charge in [-0.05, 0) is 57.4 Å². The average Bonchev–Trinajstić information content (AvgIpc) is 3.52. The van der Waals surface area contributed by atoms with Crippen LogP contribution in [0.2, 0.25) is 5.02 Å². The molecule has 0 saturated heterocycles. The number of hydrogen-bond acceptors (Lipinski definition) is 7. The molecule has 0 bridgehead atoms. The van der Waals surface area contributed by atoms with Crippen LogP contribution in [0.1, 0.15) is 44.2 Å². The Morgan fingerprint density at radius 3 is 2.69 bits per heavy atom. The highest BCUT2D eigenvalue weighted by Crippen LogP contribution is 2.41. The van der Waals surface area contributed by atoms with E-state index >= 15 is 0 Å². The number of aromatic nitrogens is 4. The molecule has 204 valence electrons. The summed E-state index contributed by atoms with van der Waals surface area (Å²) >= 11 is 6.78. The Balaban J connectivity index is 1.55. The van der Waals surface area contributed by atoms with Gasteiger partial charge in [-0.25, -0.2) is 9.97 Å². The zero-order chi connectivity index (χ0) is 27.7. The summed E-state index contributed by atoms with van der Waals surface area (Å²) in [6.07, 6.45) is 3.81. The zero-order valence-corrected chi connectivity index (χ0v) is 23.2. The third kappa shape index (κ3) is 5.78. The molecule has 1 unspecified atom stereocenters. The van der Waals surface area contributed by atoms with Crippen LogP contribution < -0.4 is 14.2 Å². The lowest BCUT2D eigenvalue weighted by molar-refractivity contribution is -0.141. The summed E-state index contributed by atoms with van der Waals surface area (Å²) in [5.74, 6) is 1.02. The standard InChI is InChI=1S/C29H31ClN4O5/c1-17-5-8-23(37-4)19(13-17)15-34-25(33-24-26(34)31-16-32-27(24)39-29(3)10-11-29)21-7-6-20(14-22(21)30)38-12-9-18(2)28(35)36/h5-8,13-14,16,18H,9-12,15H2,1-4H3,(H,35,36). The van der Waals surface area contributed by atoms with Crippen LogP contribution in [0.3, 0.4) is 0 Å². The maximum absolute atomic E-state index is 11.1. The largest absolute Gasteiger partial charge is 0.496 e. The summed E-state index contributed by atoms with van der Waals surface area (Å²) < 4.78 is 19.6. The first-order chi connectivity index (χ1) is 18.7. The Morgan fingerprint density at radius 1 is 1.21 bits per heavy atom. The van der Waals surface area contributed by atoms with Crippen molar-refractivity contribution in [1.82, 2.24) is 19.5 Å². The lowest BCUT2D eigenvalue weighted by atomic mass is 10.1. The van der Waals surface area contributed by atoms with Crippen molar-refractivity contribution < 1.29 is 24.1 Å². The molecule has 1 fully saturated rings. The topological polar surface area (TPSA) is 109 Å². The number of aryl methyl sites for hydroxylation is 1. The Hall–Kier alpha value is -3.85. The van der Waals surface area contributed by atoms with Gasteiger partial charge in [0.05, 0.1) is 31.2 Å². The van der Waals surface area contributed by atoms with Gasteiger partial charge in [0, 0.05) is 11.1 Å². The first-order valence-electron chi connectivity index (χ1n) is 12.9. The summed E-state index contributed by atoms with van der Waals surface area (Å²) in [5, 5.41) is 9.54. The fourth-order valence-electron chi connectivity index (χ4n) is 4.30. The van der Waals surface area contributed by atoms with Gasteiger partial charge in [-0.15, -0.1) is 0 Å². The van der Waals surface area contributed by atoms with E-state index in [1.54, 1.807) is 26.2 Å². The maximum atomic E-state index is 11.1. The Kier molecular flexibility index (Phi) is 7.36. The number of hydrogen-bond donors (Lipinski definition) is 1. The summed E-state index contributed by atoms with van der Waals surface area (Å²) in [4.78, 5) is 25.0. The van der Waals surface area contributed by atoms with E-state index in [1.807, 2.05) is 29.7 Å². The number of methoxy groups -OCH3 is 1. The molecule has 0 amide bonds. The minimum atomic E-state index is -0.849. The van der Waals surface area contributed by atoms with Crippen LogP contribution in [-0.2, 0) is 11.3 Å². The van der Waals surface area contributed by atoms with Gasteiger partial charge in [-0.1, -0.05) is 36.2 Å². The van der Waals surface area contributed by atoms with E-state index in [-0.39, 0.29) is 12.2 Å². The van der Waals surface area contributed by atoms with Gasteiger partial charge >= 0.3 is 5.97 Å². The Morgan fingerprint density at radius 2 is 2.00 bits per heavy atom. The second-order valence-corrected chi connectivity index (χ2v) is 10.7. The van der Waals surface area contributed by atoms with E-state index < -0.39 is 11.9 Å². The highest BCUT2D eigenvalue weighted by Gasteiger charge is 2.41. The van der Waals surface area contributed by atoms with Gasteiger partial charge < -0.3 is 23.9 Å². The number of fused-ring (bicyclic) bond motifs is 1. The number of carboxylic acid groups (broad SMARTS) is 1. The van der Waals surface area contributed by atoms with E-state index in [2.05, 4.69) is 23.0 Å². The number of halogens is 1. The van der Waals surface area contributed by atoms with Crippen LogP contribution in [0.5, 0.6) is 17.4 Å². The summed E-state index contributed by atoms with van der Waals surface area (Å²) in [6.45, 7) is 6.45. The van der Waals surface area contributed by atoms with Crippen molar-refractivity contribution in [2.75, 3.05) is 13.7 Å². The molecule has 1 aliphatic carbocycles. The predicted molar refractivity (Wildman–Crippen MR) is 148 cm³/mol. The lowest BCUT2D eigenvalue weighted by Crippen LogP contribution is -2.13. The normalized spacial score (nSPS) is 14.7. The van der Waals surface area contributed by atoms with Crippen molar-refractivity contribution in [1.29, 1.82) is 0 Å². The van der Waals surface area contributed by atoms with E-state index in [1.165, 1.54) is 6.33 Å².